The van der Waals surface area contributed by atoms with Gasteiger partial charge in [-0.3, -0.25) is 0 Å². The van der Waals surface area contributed by atoms with E-state index >= 15 is 0 Å². The van der Waals surface area contributed by atoms with Crippen LogP contribution in [0, 0.1) is 45.3 Å². The van der Waals surface area contributed by atoms with Gasteiger partial charge in [-0.1, -0.05) is 18.2 Å². The fourth-order valence-electron chi connectivity index (χ4n) is 4.41. The molecule has 0 saturated carbocycles. The van der Waals surface area contributed by atoms with E-state index in [1.54, 1.807) is 26.8 Å². The number of hydrogen-bond donors (Lipinski definition) is 1. The van der Waals surface area contributed by atoms with Crippen molar-refractivity contribution in [3.63, 3.8) is 0 Å². The van der Waals surface area contributed by atoms with Crippen LogP contribution in [0.25, 0.3) is 0 Å². The van der Waals surface area contributed by atoms with E-state index in [-0.39, 0.29) is 29.9 Å². The first kappa shape index (κ1) is 24.7. The van der Waals surface area contributed by atoms with Gasteiger partial charge in [-0.2, -0.15) is 29.0 Å². The molecule has 2 atom stereocenters. The lowest BCUT2D eigenvalue weighted by Gasteiger charge is -2.45. The Labute approximate surface area is 195 Å². The van der Waals surface area contributed by atoms with Crippen LogP contribution in [0.4, 0.5) is 18.0 Å². The van der Waals surface area contributed by atoms with E-state index in [1.165, 1.54) is 17.0 Å². The molecular formula is C24H22F3N5O2. The standard InChI is InChI=1S/C24H22F3N5O2/c1-22(2,3)34-21(33)32-9-8-16-17(10-28)20(31)23(12-29,13-30)19(18(16)11-32)14-4-6-15(7-5-14)24(25,26)27/h4-8,18-19H,9,11,31H2,1-3H3/t18-,19+/m1/s1. The molecular weight excluding hydrogens is 447 g/mol. The third kappa shape index (κ3) is 4.18. The molecule has 176 valence electrons. The van der Waals surface area contributed by atoms with Gasteiger partial charge in [0.1, 0.15) is 11.7 Å². The monoisotopic (exact) mass is 469 g/mol. The number of allylic oxidation sites excluding steroid dienone is 2. The minimum absolute atomic E-state index is 0.0179. The number of carbonyl (C=O) groups is 1. The van der Waals surface area contributed by atoms with Crippen LogP contribution in [0.1, 0.15) is 37.8 Å². The molecule has 1 aromatic carbocycles. The molecule has 7 nitrogen and oxygen atoms in total. The van der Waals surface area contributed by atoms with Gasteiger partial charge in [0.2, 0.25) is 0 Å². The van der Waals surface area contributed by atoms with Crippen molar-refractivity contribution in [2.75, 3.05) is 13.1 Å². The zero-order chi connectivity index (χ0) is 25.5. The number of benzene rings is 1. The number of nitrogens with zero attached hydrogens (tertiary/aromatic N) is 4. The van der Waals surface area contributed by atoms with Crippen molar-refractivity contribution in [1.82, 2.24) is 4.90 Å². The van der Waals surface area contributed by atoms with Crippen LogP contribution in [-0.4, -0.2) is 29.7 Å². The smallest absolute Gasteiger partial charge is 0.416 e. The molecule has 0 bridgehead atoms. The first-order valence-corrected chi connectivity index (χ1v) is 10.4. The van der Waals surface area contributed by atoms with Gasteiger partial charge >= 0.3 is 12.3 Å². The normalized spacial score (nSPS) is 22.0. The predicted molar refractivity (Wildman–Crippen MR) is 114 cm³/mol. The summed E-state index contributed by atoms with van der Waals surface area (Å²) in [6, 6.07) is 9.92. The second-order valence-corrected chi connectivity index (χ2v) is 9.18. The van der Waals surface area contributed by atoms with Crippen molar-refractivity contribution in [1.29, 1.82) is 15.8 Å². The largest absolute Gasteiger partial charge is 0.444 e. The Hall–Kier alpha value is -3.97. The molecule has 10 heteroatoms. The summed E-state index contributed by atoms with van der Waals surface area (Å²) in [5, 5.41) is 29.9. The van der Waals surface area contributed by atoms with E-state index in [0.29, 0.717) is 5.57 Å². The Morgan fingerprint density at radius 3 is 2.21 bits per heavy atom. The maximum atomic E-state index is 13.1. The summed E-state index contributed by atoms with van der Waals surface area (Å²) in [5.74, 6) is -1.78. The molecule has 2 aliphatic rings. The molecule has 0 radical (unpaired) electrons. The zero-order valence-corrected chi connectivity index (χ0v) is 18.8. The van der Waals surface area contributed by atoms with Gasteiger partial charge in [0.05, 0.1) is 29.0 Å². The molecule has 0 spiro atoms. The third-order valence-electron chi connectivity index (χ3n) is 5.91. The first-order valence-electron chi connectivity index (χ1n) is 10.4. The van der Waals surface area contributed by atoms with Crippen LogP contribution in [0.3, 0.4) is 0 Å². The Balaban J connectivity index is 2.18. The summed E-state index contributed by atoms with van der Waals surface area (Å²) >= 11 is 0. The van der Waals surface area contributed by atoms with E-state index in [4.69, 9.17) is 10.5 Å². The number of rotatable bonds is 1. The van der Waals surface area contributed by atoms with Crippen molar-refractivity contribution in [2.45, 2.75) is 38.5 Å². The molecule has 1 aliphatic carbocycles. The highest BCUT2D eigenvalue weighted by molar-refractivity contribution is 5.70. The minimum Gasteiger partial charge on any atom is -0.444 e. The highest BCUT2D eigenvalue weighted by Gasteiger charge is 2.55. The van der Waals surface area contributed by atoms with Crippen molar-refractivity contribution in [3.8, 4) is 18.2 Å². The number of halogens is 3. The number of ether oxygens (including phenoxy) is 1. The number of carbonyl (C=O) groups excluding carboxylic acids is 1. The van der Waals surface area contributed by atoms with Gasteiger partial charge in [-0.15, -0.1) is 0 Å². The fourth-order valence-corrected chi connectivity index (χ4v) is 4.41. The van der Waals surface area contributed by atoms with E-state index < -0.39 is 40.7 Å². The molecule has 0 fully saturated rings. The highest BCUT2D eigenvalue weighted by atomic mass is 19.4. The van der Waals surface area contributed by atoms with E-state index in [9.17, 15) is 33.8 Å². The lowest BCUT2D eigenvalue weighted by atomic mass is 9.58. The molecule has 2 N–H and O–H groups in total. The van der Waals surface area contributed by atoms with Crippen molar-refractivity contribution in [3.05, 3.63) is 58.3 Å². The first-order chi connectivity index (χ1) is 15.8. The highest BCUT2D eigenvalue weighted by Crippen LogP contribution is 2.54. The molecule has 1 heterocycles. The second kappa shape index (κ2) is 8.43. The Bertz CT molecular complexity index is 1170. The van der Waals surface area contributed by atoms with E-state index in [1.807, 2.05) is 18.2 Å². The third-order valence-corrected chi connectivity index (χ3v) is 5.91. The van der Waals surface area contributed by atoms with Crippen molar-refractivity contribution >= 4 is 6.09 Å². The van der Waals surface area contributed by atoms with Gasteiger partial charge in [0.25, 0.3) is 0 Å². The summed E-state index contributed by atoms with van der Waals surface area (Å²) in [7, 11) is 0. The van der Waals surface area contributed by atoms with Crippen LogP contribution in [-0.2, 0) is 10.9 Å². The van der Waals surface area contributed by atoms with Crippen LogP contribution in [0.2, 0.25) is 0 Å². The van der Waals surface area contributed by atoms with Gasteiger partial charge in [-0.25, -0.2) is 4.79 Å². The van der Waals surface area contributed by atoms with Crippen molar-refractivity contribution in [2.24, 2.45) is 17.1 Å². The molecule has 1 aromatic rings. The number of fused-ring (bicyclic) bond motifs is 1. The van der Waals surface area contributed by atoms with Gasteiger partial charge < -0.3 is 15.4 Å². The maximum Gasteiger partial charge on any atom is 0.416 e. The number of alkyl halides is 3. The number of amides is 1. The van der Waals surface area contributed by atoms with Crippen LogP contribution >= 0.6 is 0 Å². The van der Waals surface area contributed by atoms with Crippen LogP contribution in [0.15, 0.2) is 47.2 Å². The van der Waals surface area contributed by atoms with Gasteiger partial charge in [0, 0.05) is 24.9 Å². The van der Waals surface area contributed by atoms with Gasteiger partial charge in [0.15, 0.2) is 5.41 Å². The zero-order valence-electron chi connectivity index (χ0n) is 18.8. The van der Waals surface area contributed by atoms with Crippen LogP contribution < -0.4 is 5.73 Å². The average molecular weight is 469 g/mol. The molecule has 1 amide bonds. The minimum atomic E-state index is -4.57. The molecule has 1 aliphatic heterocycles. The summed E-state index contributed by atoms with van der Waals surface area (Å²) in [6.07, 6.45) is -3.59. The number of hydrogen-bond acceptors (Lipinski definition) is 6. The molecule has 0 aromatic heterocycles. The van der Waals surface area contributed by atoms with Crippen LogP contribution in [0.5, 0.6) is 0 Å². The Morgan fingerprint density at radius 1 is 1.15 bits per heavy atom. The summed E-state index contributed by atoms with van der Waals surface area (Å²) in [5.41, 5.74) is 2.94. The van der Waals surface area contributed by atoms with Crippen molar-refractivity contribution < 1.29 is 22.7 Å². The number of nitriles is 3. The molecule has 34 heavy (non-hydrogen) atoms. The number of nitrogens with two attached hydrogens (primary N) is 1. The summed E-state index contributed by atoms with van der Waals surface area (Å²) in [4.78, 5) is 14.1. The fraction of sp³-hybridized carbons (Fsp3) is 0.417. The molecule has 0 saturated heterocycles. The molecule has 0 unspecified atom stereocenters. The summed E-state index contributed by atoms with van der Waals surface area (Å²) < 4.78 is 44.8. The Kier molecular flexibility index (Phi) is 6.11. The quantitative estimate of drug-likeness (QED) is 0.651. The SMILES string of the molecule is CC(C)(C)OC(=O)N1CC=C2C(C#N)=C(N)C(C#N)(C#N)[C@@H](c3ccc(C(F)(F)F)cc3)[C@@H]2C1. The van der Waals surface area contributed by atoms with E-state index in [2.05, 4.69) is 0 Å². The predicted octanol–water partition coefficient (Wildman–Crippen LogP) is 4.37. The second-order valence-electron chi connectivity index (χ2n) is 9.18. The maximum absolute atomic E-state index is 13.1. The average Bonchev–Trinajstić information content (AvgIpc) is 2.76. The topological polar surface area (TPSA) is 127 Å². The molecule has 3 rings (SSSR count). The summed E-state index contributed by atoms with van der Waals surface area (Å²) in [6.45, 7) is 5.20. The lowest BCUT2D eigenvalue weighted by molar-refractivity contribution is -0.137. The van der Waals surface area contributed by atoms with E-state index in [0.717, 1.165) is 12.1 Å². The Morgan fingerprint density at radius 2 is 1.74 bits per heavy atom. The van der Waals surface area contributed by atoms with Gasteiger partial charge in [-0.05, 0) is 44.0 Å². The lowest BCUT2D eigenvalue weighted by Crippen LogP contribution is -2.50.